The normalized spacial score (nSPS) is 12.9. The summed E-state index contributed by atoms with van der Waals surface area (Å²) in [6.45, 7) is 6.42. The molecule has 67 heavy (non-hydrogen) atoms. The van der Waals surface area contributed by atoms with Crippen molar-refractivity contribution in [1.29, 1.82) is 0 Å². The van der Waals surface area contributed by atoms with Gasteiger partial charge in [-0.05, 0) is 89.9 Å². The fourth-order valence-electron chi connectivity index (χ4n) is 7.28. The van der Waals surface area contributed by atoms with Crippen LogP contribution in [0.15, 0.2) is 109 Å². The molecule has 0 fully saturated rings. The maximum absolute atomic E-state index is 12.8. The Labute approximate surface area is 412 Å². The quantitative estimate of drug-likeness (QED) is 0.0199. The first-order valence-electron chi connectivity index (χ1n) is 27.5. The van der Waals surface area contributed by atoms with Gasteiger partial charge in [0.05, 0.1) is 0 Å². The maximum Gasteiger partial charge on any atom is 0.306 e. The van der Waals surface area contributed by atoms with Crippen molar-refractivity contribution in [2.24, 2.45) is 0 Å². The summed E-state index contributed by atoms with van der Waals surface area (Å²) in [6, 6.07) is 0. The molecule has 0 saturated carbocycles. The van der Waals surface area contributed by atoms with Gasteiger partial charge in [-0.3, -0.25) is 14.4 Å². The summed E-state index contributed by atoms with van der Waals surface area (Å²) in [4.78, 5) is 38.1. The van der Waals surface area contributed by atoms with Crippen LogP contribution in [0, 0.1) is 0 Å². The van der Waals surface area contributed by atoms with Gasteiger partial charge >= 0.3 is 17.9 Å². The van der Waals surface area contributed by atoms with E-state index in [4.69, 9.17) is 14.2 Å². The molecule has 0 aromatic carbocycles. The highest BCUT2D eigenvalue weighted by atomic mass is 16.6. The molecule has 0 aromatic rings. The van der Waals surface area contributed by atoms with E-state index in [9.17, 15) is 14.4 Å². The lowest BCUT2D eigenvalue weighted by Gasteiger charge is -2.18. The molecule has 1 atom stereocenters. The summed E-state index contributed by atoms with van der Waals surface area (Å²) in [6.07, 6.45) is 73.6. The maximum atomic E-state index is 12.8. The molecule has 6 nitrogen and oxygen atoms in total. The highest BCUT2D eigenvalue weighted by Gasteiger charge is 2.19. The fourth-order valence-corrected chi connectivity index (χ4v) is 7.28. The van der Waals surface area contributed by atoms with Crippen LogP contribution in [-0.4, -0.2) is 37.2 Å². The first-order valence-corrected chi connectivity index (χ1v) is 27.5. The molecule has 0 rings (SSSR count). The molecule has 0 radical (unpaired) electrons. The van der Waals surface area contributed by atoms with Gasteiger partial charge in [-0.15, -0.1) is 0 Å². The third kappa shape index (κ3) is 52.9. The van der Waals surface area contributed by atoms with E-state index in [1.807, 2.05) is 60.8 Å². The Bertz CT molecular complexity index is 1390. The molecule has 0 bridgehead atoms. The van der Waals surface area contributed by atoms with E-state index in [1.54, 1.807) is 0 Å². The largest absolute Gasteiger partial charge is 0.462 e. The molecule has 0 saturated heterocycles. The Kier molecular flexibility index (Phi) is 51.5. The summed E-state index contributed by atoms with van der Waals surface area (Å²) < 4.78 is 16.8. The molecule has 1 unspecified atom stereocenters. The lowest BCUT2D eigenvalue weighted by Crippen LogP contribution is -2.30. The summed E-state index contributed by atoms with van der Waals surface area (Å²) in [7, 11) is 0. The second kappa shape index (κ2) is 54.7. The molecular formula is C61H100O6. The molecule has 0 aliphatic carbocycles. The van der Waals surface area contributed by atoms with Crippen molar-refractivity contribution in [2.45, 2.75) is 245 Å². The van der Waals surface area contributed by atoms with Gasteiger partial charge in [0.1, 0.15) is 13.2 Å². The first kappa shape index (κ1) is 63.1. The van der Waals surface area contributed by atoms with Crippen LogP contribution in [-0.2, 0) is 28.6 Å². The van der Waals surface area contributed by atoms with E-state index in [0.29, 0.717) is 19.3 Å². The van der Waals surface area contributed by atoms with Crippen molar-refractivity contribution in [2.75, 3.05) is 13.2 Å². The van der Waals surface area contributed by atoms with Gasteiger partial charge in [-0.25, -0.2) is 0 Å². The molecule has 0 amide bonds. The van der Waals surface area contributed by atoms with E-state index < -0.39 is 6.10 Å². The van der Waals surface area contributed by atoms with Gasteiger partial charge in [0.15, 0.2) is 6.10 Å². The number of ether oxygens (including phenoxy) is 3. The van der Waals surface area contributed by atoms with Crippen LogP contribution >= 0.6 is 0 Å². The van der Waals surface area contributed by atoms with Gasteiger partial charge < -0.3 is 14.2 Å². The van der Waals surface area contributed by atoms with Gasteiger partial charge in [0.25, 0.3) is 0 Å². The summed E-state index contributed by atoms with van der Waals surface area (Å²) in [5, 5.41) is 0. The van der Waals surface area contributed by atoms with Crippen LogP contribution in [0.2, 0.25) is 0 Å². The van der Waals surface area contributed by atoms with E-state index in [0.717, 1.165) is 96.3 Å². The Morgan fingerprint density at radius 2 is 0.597 bits per heavy atom. The van der Waals surface area contributed by atoms with Crippen LogP contribution < -0.4 is 0 Å². The van der Waals surface area contributed by atoms with Crippen molar-refractivity contribution in [3.8, 4) is 0 Å². The lowest BCUT2D eigenvalue weighted by atomic mass is 10.1. The second-order valence-electron chi connectivity index (χ2n) is 17.9. The molecule has 0 aliphatic rings. The number of esters is 3. The van der Waals surface area contributed by atoms with Gasteiger partial charge in [-0.1, -0.05) is 239 Å². The number of carbonyl (C=O) groups excluding carboxylic acids is 3. The summed E-state index contributed by atoms with van der Waals surface area (Å²) >= 11 is 0. The zero-order chi connectivity index (χ0) is 48.6. The number of allylic oxidation sites excluding steroid dienone is 18. The van der Waals surface area contributed by atoms with Gasteiger partial charge in [-0.2, -0.15) is 0 Å². The average Bonchev–Trinajstić information content (AvgIpc) is 3.33. The number of carbonyl (C=O) groups is 3. The van der Waals surface area contributed by atoms with E-state index >= 15 is 0 Å². The number of rotatable bonds is 48. The van der Waals surface area contributed by atoms with E-state index in [2.05, 4.69) is 69.4 Å². The zero-order valence-corrected chi connectivity index (χ0v) is 43.4. The smallest absolute Gasteiger partial charge is 0.306 e. The molecule has 6 heteroatoms. The molecule has 0 heterocycles. The number of unbranched alkanes of at least 4 members (excludes halogenated alkanes) is 25. The molecule has 0 N–H and O–H groups in total. The molecule has 380 valence electrons. The van der Waals surface area contributed by atoms with Gasteiger partial charge in [0, 0.05) is 19.3 Å². The fraction of sp³-hybridized carbons (Fsp3) is 0.656. The number of hydrogen-bond donors (Lipinski definition) is 0. The third-order valence-electron chi connectivity index (χ3n) is 11.4. The minimum Gasteiger partial charge on any atom is -0.462 e. The minimum atomic E-state index is -0.816. The third-order valence-corrected chi connectivity index (χ3v) is 11.4. The van der Waals surface area contributed by atoms with Crippen molar-refractivity contribution in [3.05, 3.63) is 109 Å². The second-order valence-corrected chi connectivity index (χ2v) is 17.9. The van der Waals surface area contributed by atoms with Crippen molar-refractivity contribution in [1.82, 2.24) is 0 Å². The highest BCUT2D eigenvalue weighted by molar-refractivity contribution is 5.71. The van der Waals surface area contributed by atoms with Crippen molar-refractivity contribution >= 4 is 17.9 Å². The van der Waals surface area contributed by atoms with Crippen LogP contribution in [0.25, 0.3) is 0 Å². The van der Waals surface area contributed by atoms with Crippen molar-refractivity contribution in [3.63, 3.8) is 0 Å². The molecular weight excluding hydrogens is 829 g/mol. The van der Waals surface area contributed by atoms with Crippen molar-refractivity contribution < 1.29 is 28.6 Å². The SMILES string of the molecule is CC\C=C/C=C\C=C/C=C\C=C\C=C/CCCCCC(=O)OC(COC(=O)CCCCC/C=C\CCCCCCCCC)COC(=O)CCCCCCC/C=C\C=C/CCCCCCCCC. The van der Waals surface area contributed by atoms with E-state index in [-0.39, 0.29) is 37.5 Å². The van der Waals surface area contributed by atoms with Gasteiger partial charge in [0.2, 0.25) is 0 Å². The zero-order valence-electron chi connectivity index (χ0n) is 43.4. The predicted molar refractivity (Wildman–Crippen MR) is 288 cm³/mol. The van der Waals surface area contributed by atoms with E-state index in [1.165, 1.54) is 96.3 Å². The molecule has 0 spiro atoms. The summed E-state index contributed by atoms with van der Waals surface area (Å²) in [5.41, 5.74) is 0. The topological polar surface area (TPSA) is 78.9 Å². The van der Waals surface area contributed by atoms with Crippen LogP contribution in [0.1, 0.15) is 239 Å². The highest BCUT2D eigenvalue weighted by Crippen LogP contribution is 2.13. The Balaban J connectivity index is 4.53. The minimum absolute atomic E-state index is 0.111. The standard InChI is InChI=1S/C61H100O6/c1-4-7-10-13-16-19-22-25-28-30-32-33-36-39-42-45-48-51-54-60(63)66-57-58(56-65-59(62)53-50-47-44-41-38-35-27-24-21-18-15-12-9-6-3)67-61(64)55-52-49-46-43-40-37-34-31-29-26-23-20-17-14-11-8-5-2/h8,11,14,17,20,23,26,28-35,37-38,40,58H,4-7,9-10,12-13,15-16,18-19,21-22,24-25,27,36,39,41-57H2,1-3H3/b11-8-,17-14-,23-20-,29-26-,30-28-,33-32-,34-31+,38-35-,40-37-. The summed E-state index contributed by atoms with van der Waals surface area (Å²) in [5.74, 6) is -0.986. The lowest BCUT2D eigenvalue weighted by molar-refractivity contribution is -0.167. The van der Waals surface area contributed by atoms with Crippen LogP contribution in [0.3, 0.4) is 0 Å². The average molecular weight is 929 g/mol. The molecule has 0 aliphatic heterocycles. The first-order chi connectivity index (χ1) is 33.0. The monoisotopic (exact) mass is 929 g/mol. The number of hydrogen-bond acceptors (Lipinski definition) is 6. The Morgan fingerprint density at radius 3 is 0.985 bits per heavy atom. The van der Waals surface area contributed by atoms with Crippen LogP contribution in [0.4, 0.5) is 0 Å². The Morgan fingerprint density at radius 1 is 0.313 bits per heavy atom. The molecule has 0 aromatic heterocycles. The Hall–Kier alpha value is -3.93. The van der Waals surface area contributed by atoms with Crippen LogP contribution in [0.5, 0.6) is 0 Å². The predicted octanol–water partition coefficient (Wildman–Crippen LogP) is 18.3.